The number of aryl methyl sites for hydroxylation is 1. The Labute approximate surface area is 85.0 Å². The molecule has 1 aromatic heterocycles. The summed E-state index contributed by atoms with van der Waals surface area (Å²) in [6.07, 6.45) is 2.72. The number of aromatic amines is 1. The van der Waals surface area contributed by atoms with Gasteiger partial charge < -0.3 is 10.7 Å². The number of imidazole rings is 1. The molecule has 0 fully saturated rings. The molecule has 0 saturated carbocycles. The number of nitrogens with zero attached hydrogens (tertiary/aromatic N) is 1. The predicted molar refractivity (Wildman–Crippen MR) is 55.0 cm³/mol. The molecular weight excluding hydrogens is 197 g/mol. The average molecular weight is 212 g/mol. The lowest BCUT2D eigenvalue weighted by atomic mass is 10.2. The molecule has 0 aliphatic heterocycles. The molecule has 3 N–H and O–H groups in total. The van der Waals surface area contributed by atoms with Crippen molar-refractivity contribution >= 4 is 24.8 Å². The highest BCUT2D eigenvalue weighted by atomic mass is 35.5. The van der Waals surface area contributed by atoms with Crippen LogP contribution in [-0.4, -0.2) is 9.97 Å². The van der Waals surface area contributed by atoms with Gasteiger partial charge >= 0.3 is 0 Å². The lowest BCUT2D eigenvalue weighted by Gasteiger charge is -2.02. The summed E-state index contributed by atoms with van der Waals surface area (Å²) in [6.45, 7) is 4.02. The summed E-state index contributed by atoms with van der Waals surface area (Å²) in [5, 5.41) is 0. The van der Waals surface area contributed by atoms with E-state index in [1.54, 1.807) is 6.20 Å². The normalized spacial score (nSPS) is 11.2. The van der Waals surface area contributed by atoms with Gasteiger partial charge in [-0.1, -0.05) is 6.92 Å². The first-order valence-corrected chi connectivity index (χ1v) is 3.51. The number of aromatic nitrogens is 2. The molecule has 72 valence electrons. The zero-order valence-electron chi connectivity index (χ0n) is 7.20. The van der Waals surface area contributed by atoms with Gasteiger partial charge in [-0.25, -0.2) is 4.98 Å². The molecule has 0 amide bonds. The van der Waals surface area contributed by atoms with Gasteiger partial charge in [0.15, 0.2) is 0 Å². The van der Waals surface area contributed by atoms with Crippen molar-refractivity contribution in [3.63, 3.8) is 0 Å². The minimum atomic E-state index is 0. The summed E-state index contributed by atoms with van der Waals surface area (Å²) in [4.78, 5) is 7.20. The first kappa shape index (κ1) is 14.3. The van der Waals surface area contributed by atoms with Gasteiger partial charge in [-0.2, -0.15) is 0 Å². The van der Waals surface area contributed by atoms with Crippen molar-refractivity contribution in [2.75, 3.05) is 0 Å². The van der Waals surface area contributed by atoms with E-state index in [1.807, 2.05) is 13.8 Å². The number of H-pyrrole nitrogens is 1. The fourth-order valence-corrected chi connectivity index (χ4v) is 0.815. The largest absolute Gasteiger partial charge is 0.345 e. The Kier molecular flexibility index (Phi) is 7.48. The SMILES string of the molecule is CCC(N)c1ncc(C)[nH]1.Cl.Cl. The molecule has 1 aromatic rings. The summed E-state index contributed by atoms with van der Waals surface area (Å²) in [6, 6.07) is 0.0636. The fraction of sp³-hybridized carbons (Fsp3) is 0.571. The van der Waals surface area contributed by atoms with Gasteiger partial charge in [-0.15, -0.1) is 24.8 Å². The lowest BCUT2D eigenvalue weighted by molar-refractivity contribution is 0.657. The Bertz CT molecular complexity index is 212. The quantitative estimate of drug-likeness (QED) is 0.787. The molecule has 0 aromatic carbocycles. The monoisotopic (exact) mass is 211 g/mol. The Balaban J connectivity index is 0. The van der Waals surface area contributed by atoms with Gasteiger partial charge in [-0.05, 0) is 13.3 Å². The van der Waals surface area contributed by atoms with Gasteiger partial charge in [-0.3, -0.25) is 0 Å². The van der Waals surface area contributed by atoms with E-state index in [0.29, 0.717) is 0 Å². The molecule has 12 heavy (non-hydrogen) atoms. The number of nitrogens with two attached hydrogens (primary N) is 1. The Morgan fingerprint density at radius 2 is 2.17 bits per heavy atom. The Morgan fingerprint density at radius 3 is 2.50 bits per heavy atom. The standard InChI is InChI=1S/C7H13N3.2ClH/c1-3-6(8)7-9-4-5(2)10-7;;/h4,6H,3,8H2,1-2H3,(H,9,10);2*1H. The highest BCUT2D eigenvalue weighted by Crippen LogP contribution is 2.07. The van der Waals surface area contributed by atoms with E-state index in [4.69, 9.17) is 5.73 Å². The number of nitrogens with one attached hydrogen (secondary N) is 1. The molecule has 3 nitrogen and oxygen atoms in total. The first-order valence-electron chi connectivity index (χ1n) is 3.51. The van der Waals surface area contributed by atoms with Crippen LogP contribution in [0.4, 0.5) is 0 Å². The van der Waals surface area contributed by atoms with Gasteiger partial charge in [0.05, 0.1) is 6.04 Å². The van der Waals surface area contributed by atoms with Gasteiger partial charge in [0, 0.05) is 11.9 Å². The van der Waals surface area contributed by atoms with E-state index in [0.717, 1.165) is 17.9 Å². The minimum Gasteiger partial charge on any atom is -0.345 e. The van der Waals surface area contributed by atoms with Crippen molar-refractivity contribution in [3.8, 4) is 0 Å². The van der Waals surface area contributed by atoms with E-state index in [-0.39, 0.29) is 30.9 Å². The summed E-state index contributed by atoms with van der Waals surface area (Å²) in [5.41, 5.74) is 6.78. The maximum absolute atomic E-state index is 5.71. The van der Waals surface area contributed by atoms with Crippen molar-refractivity contribution in [3.05, 3.63) is 17.7 Å². The van der Waals surface area contributed by atoms with Crippen LogP contribution in [0.5, 0.6) is 0 Å². The molecular formula is C7H15Cl2N3. The van der Waals surface area contributed by atoms with Crippen LogP contribution in [0.1, 0.15) is 30.9 Å². The van der Waals surface area contributed by atoms with Crippen molar-refractivity contribution in [1.82, 2.24) is 9.97 Å². The maximum Gasteiger partial charge on any atom is 0.123 e. The van der Waals surface area contributed by atoms with Crippen LogP contribution in [0.2, 0.25) is 0 Å². The molecule has 1 heterocycles. The molecule has 0 saturated heterocycles. The molecule has 0 bridgehead atoms. The molecule has 0 radical (unpaired) electrons. The van der Waals surface area contributed by atoms with Crippen LogP contribution >= 0.6 is 24.8 Å². The third-order valence-electron chi connectivity index (χ3n) is 1.51. The number of rotatable bonds is 2. The van der Waals surface area contributed by atoms with Gasteiger partial charge in [0.1, 0.15) is 5.82 Å². The topological polar surface area (TPSA) is 54.7 Å². The lowest BCUT2D eigenvalue weighted by Crippen LogP contribution is -2.10. The number of hydrogen-bond acceptors (Lipinski definition) is 2. The average Bonchev–Trinajstić information content (AvgIpc) is 2.34. The molecule has 1 unspecified atom stereocenters. The molecule has 0 spiro atoms. The van der Waals surface area contributed by atoms with Crippen LogP contribution < -0.4 is 5.73 Å². The van der Waals surface area contributed by atoms with Crippen LogP contribution in [0.3, 0.4) is 0 Å². The summed E-state index contributed by atoms with van der Waals surface area (Å²) in [5.74, 6) is 0.889. The van der Waals surface area contributed by atoms with E-state index in [2.05, 4.69) is 9.97 Å². The number of hydrogen-bond donors (Lipinski definition) is 2. The molecule has 0 aliphatic carbocycles. The second-order valence-electron chi connectivity index (χ2n) is 2.47. The third kappa shape index (κ3) is 3.43. The van der Waals surface area contributed by atoms with Gasteiger partial charge in [0.25, 0.3) is 0 Å². The second-order valence-corrected chi connectivity index (χ2v) is 2.47. The van der Waals surface area contributed by atoms with E-state index >= 15 is 0 Å². The minimum absolute atomic E-state index is 0. The van der Waals surface area contributed by atoms with Crippen LogP contribution in [-0.2, 0) is 0 Å². The highest BCUT2D eigenvalue weighted by molar-refractivity contribution is 5.85. The van der Waals surface area contributed by atoms with Crippen molar-refractivity contribution in [1.29, 1.82) is 0 Å². The Morgan fingerprint density at radius 1 is 1.58 bits per heavy atom. The summed E-state index contributed by atoms with van der Waals surface area (Å²) < 4.78 is 0. The van der Waals surface area contributed by atoms with Crippen molar-refractivity contribution < 1.29 is 0 Å². The van der Waals surface area contributed by atoms with Crippen LogP contribution in [0.15, 0.2) is 6.20 Å². The maximum atomic E-state index is 5.71. The zero-order chi connectivity index (χ0) is 7.56. The van der Waals surface area contributed by atoms with E-state index in [9.17, 15) is 0 Å². The van der Waals surface area contributed by atoms with Crippen LogP contribution in [0.25, 0.3) is 0 Å². The predicted octanol–water partition coefficient (Wildman–Crippen LogP) is 1.97. The van der Waals surface area contributed by atoms with E-state index < -0.39 is 0 Å². The summed E-state index contributed by atoms with van der Waals surface area (Å²) >= 11 is 0. The Hall–Kier alpha value is -0.250. The van der Waals surface area contributed by atoms with E-state index in [1.165, 1.54) is 0 Å². The molecule has 5 heteroatoms. The zero-order valence-corrected chi connectivity index (χ0v) is 8.84. The third-order valence-corrected chi connectivity index (χ3v) is 1.51. The molecule has 1 rings (SSSR count). The highest BCUT2D eigenvalue weighted by Gasteiger charge is 2.04. The molecule has 1 atom stereocenters. The van der Waals surface area contributed by atoms with Crippen molar-refractivity contribution in [2.45, 2.75) is 26.3 Å². The number of halogens is 2. The van der Waals surface area contributed by atoms with Gasteiger partial charge in [0.2, 0.25) is 0 Å². The first-order chi connectivity index (χ1) is 4.74. The van der Waals surface area contributed by atoms with Crippen molar-refractivity contribution in [2.24, 2.45) is 5.73 Å². The van der Waals surface area contributed by atoms with Crippen LogP contribution in [0, 0.1) is 6.92 Å². The fourth-order valence-electron chi connectivity index (χ4n) is 0.815. The summed E-state index contributed by atoms with van der Waals surface area (Å²) in [7, 11) is 0. The smallest absolute Gasteiger partial charge is 0.123 e. The molecule has 0 aliphatic rings. The second kappa shape index (κ2) is 6.29.